The maximum Gasteiger partial charge on any atom is 0.307 e. The third kappa shape index (κ3) is 17.3. The molecule has 0 bridgehead atoms. The summed E-state index contributed by atoms with van der Waals surface area (Å²) in [4.78, 5) is 10.7. The Labute approximate surface area is 150 Å². The van der Waals surface area contributed by atoms with E-state index in [0.29, 0.717) is 5.92 Å². The molecule has 1 unspecified atom stereocenters. The molecule has 0 aliphatic carbocycles. The van der Waals surface area contributed by atoms with Gasteiger partial charge in [0.2, 0.25) is 0 Å². The van der Waals surface area contributed by atoms with E-state index in [1.165, 1.54) is 83.8 Å². The Bertz CT molecular complexity index is 331. The van der Waals surface area contributed by atoms with Crippen molar-refractivity contribution in [2.45, 2.75) is 104 Å². The van der Waals surface area contributed by atoms with Gasteiger partial charge in [0.1, 0.15) is 0 Å². The zero-order chi connectivity index (χ0) is 17.9. The summed E-state index contributed by atoms with van der Waals surface area (Å²) in [5.41, 5.74) is 0. The molecule has 0 saturated carbocycles. The van der Waals surface area contributed by atoms with Crippen LogP contribution in [0.5, 0.6) is 0 Å². The van der Waals surface area contributed by atoms with Gasteiger partial charge < -0.3 is 4.74 Å². The minimum Gasteiger partial charge on any atom is -0.435 e. The quantitative estimate of drug-likeness (QED) is 0.127. The molecular weight excluding hydrogens is 296 g/mol. The number of ether oxygens (including phenoxy) is 1. The lowest BCUT2D eigenvalue weighted by Gasteiger charge is -2.11. The molecule has 0 saturated heterocycles. The van der Waals surface area contributed by atoms with E-state index >= 15 is 0 Å². The van der Waals surface area contributed by atoms with Gasteiger partial charge in [-0.3, -0.25) is 4.79 Å². The molecular formula is C22H40O2. The average Bonchev–Trinajstić information content (AvgIpc) is 2.56. The summed E-state index contributed by atoms with van der Waals surface area (Å²) in [5.74, 6) is 0.420. The third-order valence-electron chi connectivity index (χ3n) is 4.35. The molecule has 140 valence electrons. The van der Waals surface area contributed by atoms with E-state index in [9.17, 15) is 4.79 Å². The fourth-order valence-corrected chi connectivity index (χ4v) is 2.85. The number of esters is 1. The van der Waals surface area contributed by atoms with Gasteiger partial charge in [0, 0.05) is 6.92 Å². The Morgan fingerprint density at radius 3 is 2.21 bits per heavy atom. The Balaban J connectivity index is 3.94. The van der Waals surface area contributed by atoms with Crippen molar-refractivity contribution in [2.24, 2.45) is 5.92 Å². The van der Waals surface area contributed by atoms with Crippen LogP contribution in [0.25, 0.3) is 0 Å². The van der Waals surface area contributed by atoms with Crippen molar-refractivity contribution in [3.8, 4) is 0 Å². The van der Waals surface area contributed by atoms with Crippen molar-refractivity contribution >= 4 is 5.97 Å². The van der Waals surface area contributed by atoms with Crippen molar-refractivity contribution in [3.05, 3.63) is 24.5 Å². The third-order valence-corrected chi connectivity index (χ3v) is 4.35. The van der Waals surface area contributed by atoms with Gasteiger partial charge in [0.05, 0.1) is 6.26 Å². The van der Waals surface area contributed by atoms with Crippen molar-refractivity contribution in [1.29, 1.82) is 0 Å². The van der Waals surface area contributed by atoms with E-state index in [0.717, 1.165) is 12.8 Å². The Morgan fingerprint density at radius 2 is 1.50 bits per heavy atom. The summed E-state index contributed by atoms with van der Waals surface area (Å²) < 4.78 is 4.84. The predicted molar refractivity (Wildman–Crippen MR) is 105 cm³/mol. The maximum atomic E-state index is 10.7. The fraction of sp³-hybridized carbons (Fsp3) is 0.773. The summed E-state index contributed by atoms with van der Waals surface area (Å²) in [6, 6.07) is 0. The molecule has 24 heavy (non-hydrogen) atoms. The van der Waals surface area contributed by atoms with E-state index in [1.807, 2.05) is 6.08 Å². The Morgan fingerprint density at radius 1 is 0.833 bits per heavy atom. The minimum atomic E-state index is -0.246. The molecule has 0 fully saturated rings. The van der Waals surface area contributed by atoms with Gasteiger partial charge >= 0.3 is 5.97 Å². The first-order chi connectivity index (χ1) is 11.7. The zero-order valence-corrected chi connectivity index (χ0v) is 16.4. The smallest absolute Gasteiger partial charge is 0.307 e. The highest BCUT2D eigenvalue weighted by Gasteiger charge is 2.03. The van der Waals surface area contributed by atoms with Crippen LogP contribution in [0, 0.1) is 5.92 Å². The van der Waals surface area contributed by atoms with Gasteiger partial charge in [0.15, 0.2) is 0 Å². The number of rotatable bonds is 16. The summed E-state index contributed by atoms with van der Waals surface area (Å²) in [7, 11) is 0. The Hall–Kier alpha value is -1.05. The van der Waals surface area contributed by atoms with Crippen molar-refractivity contribution < 1.29 is 9.53 Å². The van der Waals surface area contributed by atoms with Crippen LogP contribution in [0.2, 0.25) is 0 Å². The van der Waals surface area contributed by atoms with Crippen LogP contribution in [0.15, 0.2) is 24.5 Å². The first-order valence-corrected chi connectivity index (χ1v) is 10.2. The molecule has 0 rings (SSSR count). The number of carbonyl (C=O) groups excluding carboxylic acids is 1. The molecule has 0 aliphatic heterocycles. The van der Waals surface area contributed by atoms with Crippen molar-refractivity contribution in [3.63, 3.8) is 0 Å². The zero-order valence-electron chi connectivity index (χ0n) is 16.4. The molecule has 0 heterocycles. The maximum absolute atomic E-state index is 10.7. The van der Waals surface area contributed by atoms with Crippen LogP contribution >= 0.6 is 0 Å². The van der Waals surface area contributed by atoms with Crippen LogP contribution in [0.3, 0.4) is 0 Å². The van der Waals surface area contributed by atoms with E-state index in [4.69, 9.17) is 4.74 Å². The fourth-order valence-electron chi connectivity index (χ4n) is 2.85. The summed E-state index contributed by atoms with van der Waals surface area (Å²) >= 11 is 0. The van der Waals surface area contributed by atoms with Crippen LogP contribution < -0.4 is 0 Å². The highest BCUT2D eigenvalue weighted by atomic mass is 16.5. The molecule has 0 spiro atoms. The first-order valence-electron chi connectivity index (χ1n) is 10.2. The van der Waals surface area contributed by atoms with Gasteiger partial charge in [-0.25, -0.2) is 0 Å². The number of allylic oxidation sites excluding steroid dienone is 3. The van der Waals surface area contributed by atoms with E-state index in [2.05, 4.69) is 26.0 Å². The highest BCUT2D eigenvalue weighted by Crippen LogP contribution is 2.18. The van der Waals surface area contributed by atoms with Crippen molar-refractivity contribution in [2.75, 3.05) is 0 Å². The summed E-state index contributed by atoms with van der Waals surface area (Å²) in [5, 5.41) is 0. The number of carbonyl (C=O) groups is 1. The molecule has 0 aromatic heterocycles. The van der Waals surface area contributed by atoms with Gasteiger partial charge in [-0.2, -0.15) is 0 Å². The molecule has 2 nitrogen and oxygen atoms in total. The van der Waals surface area contributed by atoms with Crippen LogP contribution in [0.1, 0.15) is 104 Å². The van der Waals surface area contributed by atoms with Gasteiger partial charge in [-0.05, 0) is 44.1 Å². The lowest BCUT2D eigenvalue weighted by atomic mass is 9.95. The highest BCUT2D eigenvalue weighted by molar-refractivity contribution is 5.66. The van der Waals surface area contributed by atoms with Gasteiger partial charge in [0.25, 0.3) is 0 Å². The normalized spacial score (nSPS) is 13.0. The molecule has 1 atom stereocenters. The monoisotopic (exact) mass is 336 g/mol. The molecule has 0 aromatic carbocycles. The summed E-state index contributed by atoms with van der Waals surface area (Å²) in [6.45, 7) is 5.96. The second-order valence-corrected chi connectivity index (χ2v) is 6.80. The number of unbranched alkanes of at least 4 members (excludes halogenated alkanes) is 8. The second kappa shape index (κ2) is 18.3. The molecule has 0 amide bonds. The molecule has 2 heteroatoms. The molecule has 0 N–H and O–H groups in total. The minimum absolute atomic E-state index is 0.246. The number of hydrogen-bond acceptors (Lipinski definition) is 2. The lowest BCUT2D eigenvalue weighted by Crippen LogP contribution is -1.97. The second-order valence-electron chi connectivity index (χ2n) is 6.80. The summed E-state index contributed by atoms with van der Waals surface area (Å²) in [6.07, 6.45) is 25.1. The first kappa shape index (κ1) is 22.9. The molecule has 0 aliphatic rings. The van der Waals surface area contributed by atoms with Crippen molar-refractivity contribution in [1.82, 2.24) is 0 Å². The predicted octanol–water partition coefficient (Wildman–Crippen LogP) is 7.35. The molecule has 0 radical (unpaired) electrons. The Kier molecular flexibility index (Phi) is 17.5. The average molecular weight is 337 g/mol. The standard InChI is InChI=1S/C22H40O2/c1-4-6-8-9-10-11-12-14-18-22(17-13-7-5-2)19-15-16-20-24-21(3)23/h14,16,18,20,22H,4-13,15,17,19H2,1-3H3/b18-14-,20-16-. The van der Waals surface area contributed by atoms with Gasteiger partial charge in [-0.1, -0.05) is 77.4 Å². The SMILES string of the molecule is CCCCCCCC/C=C\C(CC/C=C\OC(C)=O)CCCCC. The molecule has 0 aromatic rings. The van der Waals surface area contributed by atoms with E-state index < -0.39 is 0 Å². The topological polar surface area (TPSA) is 26.3 Å². The van der Waals surface area contributed by atoms with Crippen LogP contribution in [-0.4, -0.2) is 5.97 Å². The van der Waals surface area contributed by atoms with Gasteiger partial charge in [-0.15, -0.1) is 0 Å². The number of hydrogen-bond donors (Lipinski definition) is 0. The van der Waals surface area contributed by atoms with Crippen LogP contribution in [-0.2, 0) is 9.53 Å². The largest absolute Gasteiger partial charge is 0.435 e. The van der Waals surface area contributed by atoms with Crippen LogP contribution in [0.4, 0.5) is 0 Å². The lowest BCUT2D eigenvalue weighted by molar-refractivity contribution is -0.135. The van der Waals surface area contributed by atoms with E-state index in [1.54, 1.807) is 0 Å². The van der Waals surface area contributed by atoms with E-state index in [-0.39, 0.29) is 5.97 Å².